The molecule has 3 heteroatoms. The maximum absolute atomic E-state index is 6.40. The topological polar surface area (TPSA) is 12.0 Å². The molecule has 0 aliphatic heterocycles. The lowest BCUT2D eigenvalue weighted by molar-refractivity contribution is 0.550. The summed E-state index contributed by atoms with van der Waals surface area (Å²) in [5, 5.41) is 4.31. The first-order chi connectivity index (χ1) is 9.22. The monoisotopic (exact) mass is 337 g/mol. The molecule has 1 atom stereocenters. The molecule has 0 aromatic heterocycles. The SMILES string of the molecule is CCNC(Cc1ccccc1)c1cccc(Br)c1Cl. The summed E-state index contributed by atoms with van der Waals surface area (Å²) >= 11 is 9.89. The van der Waals surface area contributed by atoms with Crippen LogP contribution in [0, 0.1) is 0 Å². The van der Waals surface area contributed by atoms with Crippen molar-refractivity contribution in [3.05, 3.63) is 69.2 Å². The zero-order chi connectivity index (χ0) is 13.7. The molecule has 0 amide bonds. The van der Waals surface area contributed by atoms with E-state index in [9.17, 15) is 0 Å². The normalized spacial score (nSPS) is 12.4. The third-order valence-electron chi connectivity index (χ3n) is 3.09. The van der Waals surface area contributed by atoms with Crippen molar-refractivity contribution in [1.82, 2.24) is 5.32 Å². The molecule has 100 valence electrons. The van der Waals surface area contributed by atoms with Gasteiger partial charge in [-0.3, -0.25) is 0 Å². The van der Waals surface area contributed by atoms with E-state index in [-0.39, 0.29) is 6.04 Å². The minimum atomic E-state index is 0.234. The lowest BCUT2D eigenvalue weighted by Gasteiger charge is -2.20. The quantitative estimate of drug-likeness (QED) is 0.809. The van der Waals surface area contributed by atoms with Gasteiger partial charge in [0.15, 0.2) is 0 Å². The van der Waals surface area contributed by atoms with Gasteiger partial charge in [-0.1, -0.05) is 61.0 Å². The van der Waals surface area contributed by atoms with Crippen LogP contribution in [0.5, 0.6) is 0 Å². The zero-order valence-corrected chi connectivity index (χ0v) is 13.2. The van der Waals surface area contributed by atoms with Gasteiger partial charge in [-0.25, -0.2) is 0 Å². The Morgan fingerprint density at radius 1 is 1.11 bits per heavy atom. The van der Waals surface area contributed by atoms with Crippen molar-refractivity contribution in [2.75, 3.05) is 6.54 Å². The van der Waals surface area contributed by atoms with E-state index in [1.54, 1.807) is 0 Å². The lowest BCUT2D eigenvalue weighted by atomic mass is 9.99. The average Bonchev–Trinajstić information content (AvgIpc) is 2.43. The smallest absolute Gasteiger partial charge is 0.0595 e. The fraction of sp³-hybridized carbons (Fsp3) is 0.250. The predicted molar refractivity (Wildman–Crippen MR) is 85.7 cm³/mol. The number of likely N-dealkylation sites (N-methyl/N-ethyl adjacent to an activating group) is 1. The highest BCUT2D eigenvalue weighted by atomic mass is 79.9. The number of halogens is 2. The zero-order valence-electron chi connectivity index (χ0n) is 10.9. The molecule has 1 unspecified atom stereocenters. The van der Waals surface area contributed by atoms with Crippen molar-refractivity contribution in [3.63, 3.8) is 0 Å². The van der Waals surface area contributed by atoms with Crippen LogP contribution in [0.2, 0.25) is 5.02 Å². The molecule has 0 radical (unpaired) electrons. The second-order valence-corrected chi connectivity index (χ2v) is 5.68. The number of hydrogen-bond acceptors (Lipinski definition) is 1. The average molecular weight is 339 g/mol. The summed E-state index contributed by atoms with van der Waals surface area (Å²) in [4.78, 5) is 0. The Kier molecular flexibility index (Phi) is 5.44. The van der Waals surface area contributed by atoms with Crippen molar-refractivity contribution in [2.45, 2.75) is 19.4 Å². The first-order valence-electron chi connectivity index (χ1n) is 6.43. The largest absolute Gasteiger partial charge is 0.310 e. The summed E-state index contributed by atoms with van der Waals surface area (Å²) in [6, 6.07) is 16.8. The van der Waals surface area contributed by atoms with Gasteiger partial charge < -0.3 is 5.32 Å². The molecule has 0 aliphatic rings. The van der Waals surface area contributed by atoms with Crippen molar-refractivity contribution in [3.8, 4) is 0 Å². The molecule has 0 aliphatic carbocycles. The minimum absolute atomic E-state index is 0.234. The molecular formula is C16H17BrClN. The van der Waals surface area contributed by atoms with Gasteiger partial charge in [0, 0.05) is 10.5 Å². The summed E-state index contributed by atoms with van der Waals surface area (Å²) in [5.41, 5.74) is 2.45. The van der Waals surface area contributed by atoms with Crippen molar-refractivity contribution >= 4 is 27.5 Å². The fourth-order valence-electron chi connectivity index (χ4n) is 2.18. The Labute approximate surface area is 128 Å². The highest BCUT2D eigenvalue weighted by Crippen LogP contribution is 2.31. The molecule has 0 heterocycles. The molecule has 2 aromatic carbocycles. The van der Waals surface area contributed by atoms with Crippen LogP contribution < -0.4 is 5.32 Å². The van der Waals surface area contributed by atoms with Gasteiger partial charge in [-0.2, -0.15) is 0 Å². The van der Waals surface area contributed by atoms with Crippen LogP contribution in [0.3, 0.4) is 0 Å². The highest BCUT2D eigenvalue weighted by Gasteiger charge is 2.15. The predicted octanol–water partition coefficient (Wildman–Crippen LogP) is 5.00. The molecule has 2 rings (SSSR count). The van der Waals surface area contributed by atoms with Crippen LogP contribution in [-0.4, -0.2) is 6.54 Å². The molecule has 0 saturated heterocycles. The van der Waals surface area contributed by atoms with Gasteiger partial charge in [0.05, 0.1) is 5.02 Å². The van der Waals surface area contributed by atoms with E-state index in [1.165, 1.54) is 5.56 Å². The van der Waals surface area contributed by atoms with E-state index in [0.717, 1.165) is 28.0 Å². The van der Waals surface area contributed by atoms with Gasteiger partial charge in [0.2, 0.25) is 0 Å². The van der Waals surface area contributed by atoms with Crippen molar-refractivity contribution in [2.24, 2.45) is 0 Å². The molecule has 0 bridgehead atoms. The van der Waals surface area contributed by atoms with Gasteiger partial charge in [0.1, 0.15) is 0 Å². The molecule has 19 heavy (non-hydrogen) atoms. The Bertz CT molecular complexity index is 528. The first-order valence-corrected chi connectivity index (χ1v) is 7.60. The molecule has 0 spiro atoms. The van der Waals surface area contributed by atoms with Gasteiger partial charge in [-0.05, 0) is 46.1 Å². The van der Waals surface area contributed by atoms with Crippen LogP contribution in [0.4, 0.5) is 0 Å². The van der Waals surface area contributed by atoms with Gasteiger partial charge >= 0.3 is 0 Å². The maximum atomic E-state index is 6.40. The standard InChI is InChI=1S/C16H17BrClN/c1-2-19-15(11-12-7-4-3-5-8-12)13-9-6-10-14(17)16(13)18/h3-10,15,19H,2,11H2,1H3. The first kappa shape index (κ1) is 14.6. The molecule has 1 nitrogen and oxygen atoms in total. The number of benzene rings is 2. The Morgan fingerprint density at radius 3 is 2.53 bits per heavy atom. The number of hydrogen-bond donors (Lipinski definition) is 1. The van der Waals surface area contributed by atoms with Crippen LogP contribution in [0.25, 0.3) is 0 Å². The van der Waals surface area contributed by atoms with E-state index in [1.807, 2.05) is 18.2 Å². The molecule has 1 N–H and O–H groups in total. The van der Waals surface area contributed by atoms with E-state index < -0.39 is 0 Å². The van der Waals surface area contributed by atoms with Crippen LogP contribution >= 0.6 is 27.5 Å². The molecule has 0 saturated carbocycles. The summed E-state index contributed by atoms with van der Waals surface area (Å²) < 4.78 is 0.947. The second-order valence-electron chi connectivity index (χ2n) is 4.44. The van der Waals surface area contributed by atoms with E-state index in [2.05, 4.69) is 58.5 Å². The van der Waals surface area contributed by atoms with Crippen LogP contribution in [-0.2, 0) is 6.42 Å². The van der Waals surface area contributed by atoms with Crippen LogP contribution in [0.15, 0.2) is 53.0 Å². The minimum Gasteiger partial charge on any atom is -0.310 e. The summed E-state index contributed by atoms with van der Waals surface area (Å²) in [5.74, 6) is 0. The van der Waals surface area contributed by atoms with Crippen LogP contribution in [0.1, 0.15) is 24.1 Å². The van der Waals surface area contributed by atoms with E-state index in [4.69, 9.17) is 11.6 Å². The Hall–Kier alpha value is -0.830. The van der Waals surface area contributed by atoms with E-state index >= 15 is 0 Å². The molecular weight excluding hydrogens is 322 g/mol. The summed E-state index contributed by atoms with van der Waals surface area (Å²) in [6.45, 7) is 3.03. The number of nitrogens with one attached hydrogen (secondary N) is 1. The van der Waals surface area contributed by atoms with Crippen molar-refractivity contribution < 1.29 is 0 Å². The van der Waals surface area contributed by atoms with Crippen molar-refractivity contribution in [1.29, 1.82) is 0 Å². The molecule has 0 fully saturated rings. The maximum Gasteiger partial charge on any atom is 0.0595 e. The third kappa shape index (κ3) is 3.82. The highest BCUT2D eigenvalue weighted by molar-refractivity contribution is 9.10. The summed E-state index contributed by atoms with van der Waals surface area (Å²) in [6.07, 6.45) is 0.935. The van der Waals surface area contributed by atoms with Gasteiger partial charge in [0.25, 0.3) is 0 Å². The second kappa shape index (κ2) is 7.09. The lowest BCUT2D eigenvalue weighted by Crippen LogP contribution is -2.23. The van der Waals surface area contributed by atoms with Gasteiger partial charge in [-0.15, -0.1) is 0 Å². The van der Waals surface area contributed by atoms with E-state index in [0.29, 0.717) is 0 Å². The Balaban J connectivity index is 2.27. The number of rotatable bonds is 5. The third-order valence-corrected chi connectivity index (χ3v) is 4.40. The Morgan fingerprint density at radius 2 is 1.84 bits per heavy atom. The fourth-order valence-corrected chi connectivity index (χ4v) is 2.82. The summed E-state index contributed by atoms with van der Waals surface area (Å²) in [7, 11) is 0. The molecule has 2 aromatic rings.